The molecule has 0 saturated heterocycles. The molecule has 0 aliphatic heterocycles. The Morgan fingerprint density at radius 1 is 1.16 bits per heavy atom. The van der Waals surface area contributed by atoms with Gasteiger partial charge in [-0.2, -0.15) is 4.31 Å². The number of hydrogen-bond acceptors (Lipinski definition) is 6. The number of nitrogens with zero attached hydrogens (tertiary/aromatic N) is 1. The number of methoxy groups -OCH3 is 1. The van der Waals surface area contributed by atoms with Gasteiger partial charge in [0.25, 0.3) is 11.8 Å². The molecule has 0 saturated carbocycles. The lowest BCUT2D eigenvalue weighted by Gasteiger charge is -2.19. The minimum atomic E-state index is -3.75. The minimum absolute atomic E-state index is 0.0142. The Labute approximate surface area is 193 Å². The molecule has 174 valence electrons. The van der Waals surface area contributed by atoms with E-state index in [4.69, 9.17) is 4.74 Å². The molecule has 3 rings (SSSR count). The zero-order valence-electron chi connectivity index (χ0n) is 18.7. The number of sulfonamides is 1. The number of fused-ring (bicyclic) bond motifs is 1. The first-order chi connectivity index (χ1) is 15.2. The van der Waals surface area contributed by atoms with E-state index in [1.165, 1.54) is 51.4 Å². The van der Waals surface area contributed by atoms with E-state index in [2.05, 4.69) is 17.8 Å². The van der Waals surface area contributed by atoms with E-state index in [0.29, 0.717) is 23.9 Å². The maximum absolute atomic E-state index is 12.8. The van der Waals surface area contributed by atoms with Crippen LogP contribution in [0, 0.1) is 5.92 Å². The summed E-state index contributed by atoms with van der Waals surface area (Å²) in [5, 5.41) is 0. The molecule has 1 heterocycles. The largest absolute Gasteiger partial charge is 0.496 e. The van der Waals surface area contributed by atoms with Crippen LogP contribution in [0.25, 0.3) is 0 Å². The van der Waals surface area contributed by atoms with Gasteiger partial charge in [0.15, 0.2) is 0 Å². The van der Waals surface area contributed by atoms with Crippen LogP contribution in [0.15, 0.2) is 29.2 Å². The van der Waals surface area contributed by atoms with Gasteiger partial charge in [-0.15, -0.1) is 11.3 Å². The Kier molecular flexibility index (Phi) is 7.58. The van der Waals surface area contributed by atoms with Crippen molar-refractivity contribution in [3.05, 3.63) is 45.1 Å². The number of nitrogens with one attached hydrogen (secondary N) is 2. The van der Waals surface area contributed by atoms with Crippen LogP contribution in [-0.4, -0.2) is 44.7 Å². The van der Waals surface area contributed by atoms with Crippen LogP contribution in [0.1, 0.15) is 57.7 Å². The highest BCUT2D eigenvalue weighted by molar-refractivity contribution is 7.89. The molecule has 1 aliphatic carbocycles. The minimum Gasteiger partial charge on any atom is -0.496 e. The van der Waals surface area contributed by atoms with E-state index < -0.39 is 21.8 Å². The summed E-state index contributed by atoms with van der Waals surface area (Å²) in [5.41, 5.74) is 6.02. The molecule has 2 amide bonds. The van der Waals surface area contributed by atoms with Crippen molar-refractivity contribution in [1.29, 1.82) is 0 Å². The van der Waals surface area contributed by atoms with Gasteiger partial charge < -0.3 is 4.74 Å². The van der Waals surface area contributed by atoms with Crippen molar-refractivity contribution >= 4 is 33.2 Å². The average molecular weight is 480 g/mol. The SMILES string of the molecule is CCN(CC)S(=O)(=O)c1ccc(OC)c(C(=O)NNC(=O)c2cc3c(s2)CCC(C)C3)c1. The Morgan fingerprint density at radius 3 is 2.50 bits per heavy atom. The number of ether oxygens (including phenoxy) is 1. The molecule has 0 fully saturated rings. The standard InChI is InChI=1S/C22H29N3O5S2/c1-5-25(6-2)32(28,29)16-8-9-18(30-4)17(13-16)21(26)23-24-22(27)20-12-15-11-14(3)7-10-19(15)31-20/h8-9,12-14H,5-7,10-11H2,1-4H3,(H,23,26)(H,24,27). The van der Waals surface area contributed by atoms with Crippen molar-refractivity contribution in [1.82, 2.24) is 15.2 Å². The second kappa shape index (κ2) is 10.0. The fraction of sp³-hybridized carbons (Fsp3) is 0.455. The number of benzene rings is 1. The van der Waals surface area contributed by atoms with E-state index in [0.717, 1.165) is 19.3 Å². The lowest BCUT2D eigenvalue weighted by Crippen LogP contribution is -2.41. The third-order valence-electron chi connectivity index (χ3n) is 5.60. The van der Waals surface area contributed by atoms with Crippen molar-refractivity contribution in [3.63, 3.8) is 0 Å². The Morgan fingerprint density at radius 2 is 1.84 bits per heavy atom. The second-order valence-electron chi connectivity index (χ2n) is 7.77. The van der Waals surface area contributed by atoms with Crippen LogP contribution in [0.2, 0.25) is 0 Å². The van der Waals surface area contributed by atoms with Gasteiger partial charge in [0.05, 0.1) is 22.4 Å². The summed E-state index contributed by atoms with van der Waals surface area (Å²) in [7, 11) is -2.36. The van der Waals surface area contributed by atoms with E-state index in [1.54, 1.807) is 13.8 Å². The average Bonchev–Trinajstić information content (AvgIpc) is 3.20. The lowest BCUT2D eigenvalue weighted by molar-refractivity contribution is 0.0847. The molecule has 1 aliphatic rings. The third-order valence-corrected chi connectivity index (χ3v) is 8.88. The topological polar surface area (TPSA) is 105 Å². The highest BCUT2D eigenvalue weighted by atomic mass is 32.2. The van der Waals surface area contributed by atoms with Gasteiger partial charge in [0, 0.05) is 18.0 Å². The molecule has 1 atom stereocenters. The van der Waals surface area contributed by atoms with Crippen molar-refractivity contribution in [2.45, 2.75) is 44.9 Å². The Hall–Kier alpha value is -2.43. The number of aryl methyl sites for hydroxylation is 1. The maximum atomic E-state index is 12.8. The molecule has 0 spiro atoms. The lowest BCUT2D eigenvalue weighted by atomic mass is 9.90. The summed E-state index contributed by atoms with van der Waals surface area (Å²) in [4.78, 5) is 27.1. The quantitative estimate of drug-likeness (QED) is 0.594. The third kappa shape index (κ3) is 4.97. The van der Waals surface area contributed by atoms with Gasteiger partial charge >= 0.3 is 0 Å². The molecule has 2 N–H and O–H groups in total. The number of amides is 2. The summed E-state index contributed by atoms with van der Waals surface area (Å²) in [6.07, 6.45) is 3.03. The van der Waals surface area contributed by atoms with Gasteiger partial charge in [-0.3, -0.25) is 20.4 Å². The molecule has 8 nitrogen and oxygen atoms in total. The highest BCUT2D eigenvalue weighted by Crippen LogP contribution is 2.32. The van der Waals surface area contributed by atoms with Crippen LogP contribution >= 0.6 is 11.3 Å². The van der Waals surface area contributed by atoms with Gasteiger partial charge in [-0.25, -0.2) is 8.42 Å². The Balaban J connectivity index is 1.76. The highest BCUT2D eigenvalue weighted by Gasteiger charge is 2.25. The van der Waals surface area contributed by atoms with Gasteiger partial charge in [0.1, 0.15) is 5.75 Å². The second-order valence-corrected chi connectivity index (χ2v) is 10.8. The zero-order chi connectivity index (χ0) is 23.5. The smallest absolute Gasteiger partial charge is 0.279 e. The summed E-state index contributed by atoms with van der Waals surface area (Å²) >= 11 is 1.44. The fourth-order valence-corrected chi connectivity index (χ4v) is 6.39. The normalized spacial score (nSPS) is 15.8. The number of thiophene rings is 1. The predicted octanol–water partition coefficient (Wildman–Crippen LogP) is 2.99. The first-order valence-electron chi connectivity index (χ1n) is 10.6. The van der Waals surface area contributed by atoms with E-state index >= 15 is 0 Å². The summed E-state index contributed by atoms with van der Waals surface area (Å²) in [5.74, 6) is -0.270. The molecule has 0 radical (unpaired) electrons. The van der Waals surface area contributed by atoms with Crippen LogP contribution < -0.4 is 15.6 Å². The number of hydrazine groups is 1. The van der Waals surface area contributed by atoms with Crippen LogP contribution in [0.5, 0.6) is 5.75 Å². The van der Waals surface area contributed by atoms with Crippen molar-refractivity contribution < 1.29 is 22.7 Å². The first-order valence-corrected chi connectivity index (χ1v) is 12.9. The summed E-state index contributed by atoms with van der Waals surface area (Å²) in [6.45, 7) is 6.31. The van der Waals surface area contributed by atoms with Crippen LogP contribution in [0.3, 0.4) is 0 Å². The molecular weight excluding hydrogens is 450 g/mol. The van der Waals surface area contributed by atoms with Gasteiger partial charge in [-0.1, -0.05) is 20.8 Å². The van der Waals surface area contributed by atoms with E-state index in [-0.39, 0.29) is 16.2 Å². The monoisotopic (exact) mass is 479 g/mol. The molecular formula is C22H29N3O5S2. The predicted molar refractivity (Wildman–Crippen MR) is 124 cm³/mol. The summed E-state index contributed by atoms with van der Waals surface area (Å²) in [6, 6.07) is 5.98. The summed E-state index contributed by atoms with van der Waals surface area (Å²) < 4.78 is 32.2. The molecule has 32 heavy (non-hydrogen) atoms. The van der Waals surface area contributed by atoms with E-state index in [1.807, 2.05) is 6.07 Å². The first kappa shape index (κ1) is 24.2. The molecule has 1 aromatic heterocycles. The molecule has 2 aromatic rings. The molecule has 10 heteroatoms. The molecule has 1 unspecified atom stereocenters. The Bertz CT molecular complexity index is 1110. The number of hydrogen-bond donors (Lipinski definition) is 2. The number of carbonyl (C=O) groups excluding carboxylic acids is 2. The molecule has 1 aromatic carbocycles. The van der Waals surface area contributed by atoms with Crippen LogP contribution in [0.4, 0.5) is 0 Å². The maximum Gasteiger partial charge on any atom is 0.279 e. The van der Waals surface area contributed by atoms with Crippen LogP contribution in [-0.2, 0) is 22.9 Å². The number of rotatable bonds is 7. The van der Waals surface area contributed by atoms with Crippen molar-refractivity contribution in [3.8, 4) is 5.75 Å². The van der Waals surface area contributed by atoms with Gasteiger partial charge in [-0.05, 0) is 55.0 Å². The fourth-order valence-electron chi connectivity index (χ4n) is 3.80. The molecule has 0 bridgehead atoms. The number of carbonyl (C=O) groups is 2. The zero-order valence-corrected chi connectivity index (χ0v) is 20.4. The van der Waals surface area contributed by atoms with Gasteiger partial charge in [0.2, 0.25) is 10.0 Å². The van der Waals surface area contributed by atoms with E-state index in [9.17, 15) is 18.0 Å². The van der Waals surface area contributed by atoms with Crippen molar-refractivity contribution in [2.24, 2.45) is 5.92 Å². The van der Waals surface area contributed by atoms with Crippen molar-refractivity contribution in [2.75, 3.05) is 20.2 Å².